The van der Waals surface area contributed by atoms with Crippen molar-refractivity contribution in [1.82, 2.24) is 23.6 Å². The molecule has 37 heavy (non-hydrogen) atoms. The summed E-state index contributed by atoms with van der Waals surface area (Å²) in [6.45, 7) is 6.12. The number of carbonyl (C=O) groups is 1. The predicted octanol–water partition coefficient (Wildman–Crippen LogP) is 6.15. The maximum Gasteiger partial charge on any atom is 0.311 e. The molecule has 4 aromatic heterocycles. The molecule has 1 N–H and O–H groups in total. The van der Waals surface area contributed by atoms with Gasteiger partial charge in [0.15, 0.2) is 17.3 Å². The molecule has 2 bridgehead atoms. The average Bonchev–Trinajstić information content (AvgIpc) is 3.50. The lowest BCUT2D eigenvalue weighted by Gasteiger charge is -2.47. The number of carbonyl (C=O) groups excluding carboxylic acids is 1. The number of fused-ring (bicyclic) bond motifs is 5. The summed E-state index contributed by atoms with van der Waals surface area (Å²) >= 11 is 2.17. The lowest BCUT2D eigenvalue weighted by atomic mass is 9.61. The van der Waals surface area contributed by atoms with Crippen molar-refractivity contribution in [2.75, 3.05) is 11.9 Å². The van der Waals surface area contributed by atoms with Crippen LogP contribution in [0, 0.1) is 23.6 Å². The van der Waals surface area contributed by atoms with Gasteiger partial charge in [-0.05, 0) is 62.1 Å². The van der Waals surface area contributed by atoms with Crippen LogP contribution < -0.4 is 5.32 Å². The van der Waals surface area contributed by atoms with Crippen LogP contribution in [0.1, 0.15) is 38.2 Å². The molecule has 11 heteroatoms. The van der Waals surface area contributed by atoms with Gasteiger partial charge >= 0.3 is 5.97 Å². The molecular formula is C26H26FIN6O2S. The molecule has 0 saturated heterocycles. The molecule has 0 radical (unpaired) electrons. The van der Waals surface area contributed by atoms with Gasteiger partial charge in [-0.15, -0.1) is 5.10 Å². The molecule has 0 aliphatic heterocycles. The highest BCUT2D eigenvalue weighted by Gasteiger charge is 2.48. The van der Waals surface area contributed by atoms with Crippen molar-refractivity contribution in [2.24, 2.45) is 17.8 Å². The first-order chi connectivity index (χ1) is 18.0. The molecule has 4 heterocycles. The second-order valence-corrected chi connectivity index (χ2v) is 11.4. The Morgan fingerprint density at radius 2 is 2.08 bits per heavy atom. The summed E-state index contributed by atoms with van der Waals surface area (Å²) in [7, 11) is 1.44. The third-order valence-electron chi connectivity index (χ3n) is 7.70. The number of rotatable bonds is 7. The second-order valence-electron chi connectivity index (χ2n) is 9.68. The van der Waals surface area contributed by atoms with Gasteiger partial charge in [0.25, 0.3) is 0 Å². The summed E-state index contributed by atoms with van der Waals surface area (Å²) in [5.74, 6) is 0.981. The molecular weight excluding hydrogens is 606 g/mol. The molecule has 0 amide bonds. The van der Waals surface area contributed by atoms with E-state index in [4.69, 9.17) is 14.8 Å². The number of anilines is 1. The Morgan fingerprint density at radius 3 is 2.81 bits per heavy atom. The standard InChI is InChI=1S/C26H26FIN6O2S/c1-3-14-9-20-24(30-22-16-7-5-15(6-8-16)21(22)26(35)36-4-2)31-23(32-33(20)12-14)19-13-34(37-28)25-18(19)10-17(27)11-29-25/h3,9-13,15-16,21-22H,1,4-8H2,2H3,(H,30,31,32)/t15-,16+,21-,22-/m0/s1. The fourth-order valence-corrected chi connectivity index (χ4v) is 7.29. The van der Waals surface area contributed by atoms with Crippen molar-refractivity contribution in [2.45, 2.75) is 38.6 Å². The van der Waals surface area contributed by atoms with Gasteiger partial charge in [-0.3, -0.25) is 8.77 Å². The molecule has 3 aliphatic carbocycles. The molecule has 3 saturated carbocycles. The van der Waals surface area contributed by atoms with Gasteiger partial charge < -0.3 is 10.1 Å². The van der Waals surface area contributed by atoms with E-state index in [1.54, 1.807) is 10.6 Å². The maximum absolute atomic E-state index is 14.2. The Hall–Kier alpha value is -2.67. The average molecular weight is 633 g/mol. The Balaban J connectivity index is 1.49. The minimum atomic E-state index is -0.421. The first-order valence-corrected chi connectivity index (χ1v) is 15.7. The Morgan fingerprint density at radius 1 is 1.30 bits per heavy atom. The fraction of sp³-hybridized carbons (Fsp3) is 0.385. The SMILES string of the molecule is C=Cc1cc2c(N[C@H]3[C@H]4CC[C@H](CC4)[C@@H]3C(=O)OCC)nc(-c3cn(SI)c4ncc(F)cc34)nn2c1. The number of hydrogen-bond acceptors (Lipinski definition) is 7. The molecule has 7 rings (SSSR count). The van der Waals surface area contributed by atoms with E-state index in [1.807, 2.05) is 29.4 Å². The summed E-state index contributed by atoms with van der Waals surface area (Å²) in [6.07, 6.45) is 11.0. The number of ether oxygens (including phenoxy) is 1. The van der Waals surface area contributed by atoms with Gasteiger partial charge in [-0.2, -0.15) is 0 Å². The first-order valence-electron chi connectivity index (χ1n) is 12.4. The largest absolute Gasteiger partial charge is 0.466 e. The van der Waals surface area contributed by atoms with Crippen molar-refractivity contribution in [3.8, 4) is 11.4 Å². The highest BCUT2D eigenvalue weighted by atomic mass is 127. The van der Waals surface area contributed by atoms with Crippen LogP contribution in [0.15, 0.2) is 37.3 Å². The number of pyridine rings is 1. The molecule has 0 spiro atoms. The normalized spacial score (nSPS) is 23.0. The van der Waals surface area contributed by atoms with Crippen molar-refractivity contribution in [3.05, 3.63) is 48.7 Å². The van der Waals surface area contributed by atoms with Crippen LogP contribution in [0.25, 0.3) is 34.0 Å². The lowest BCUT2D eigenvalue weighted by Crippen LogP contribution is -2.52. The second kappa shape index (κ2) is 9.90. The Bertz CT molecular complexity index is 1510. The van der Waals surface area contributed by atoms with E-state index in [1.165, 1.54) is 21.4 Å². The summed E-state index contributed by atoms with van der Waals surface area (Å²) in [6, 6.07) is 3.36. The summed E-state index contributed by atoms with van der Waals surface area (Å²) in [5.41, 5.74) is 3.01. The van der Waals surface area contributed by atoms with Crippen LogP contribution in [0.2, 0.25) is 0 Å². The van der Waals surface area contributed by atoms with Gasteiger partial charge in [0.1, 0.15) is 11.3 Å². The minimum absolute atomic E-state index is 0.0782. The highest BCUT2D eigenvalue weighted by Crippen LogP contribution is 2.47. The van der Waals surface area contributed by atoms with E-state index in [-0.39, 0.29) is 17.9 Å². The van der Waals surface area contributed by atoms with Crippen molar-refractivity contribution >= 4 is 64.7 Å². The van der Waals surface area contributed by atoms with Crippen LogP contribution >= 0.6 is 30.3 Å². The number of nitrogens with zero attached hydrogens (tertiary/aromatic N) is 5. The Kier molecular flexibility index (Phi) is 6.59. The van der Waals surface area contributed by atoms with Gasteiger partial charge in [0.2, 0.25) is 0 Å². The summed E-state index contributed by atoms with van der Waals surface area (Å²) in [4.78, 5) is 22.3. The number of nitrogens with one attached hydrogen (secondary N) is 1. The zero-order chi connectivity index (χ0) is 25.7. The minimum Gasteiger partial charge on any atom is -0.466 e. The van der Waals surface area contributed by atoms with Crippen LogP contribution in [-0.4, -0.2) is 42.2 Å². The van der Waals surface area contributed by atoms with E-state index >= 15 is 0 Å². The zero-order valence-corrected chi connectivity index (χ0v) is 23.2. The summed E-state index contributed by atoms with van der Waals surface area (Å²) < 4.78 is 23.4. The number of esters is 1. The van der Waals surface area contributed by atoms with Gasteiger partial charge in [0, 0.05) is 59.7 Å². The monoisotopic (exact) mass is 632 g/mol. The van der Waals surface area contributed by atoms with E-state index in [9.17, 15) is 9.18 Å². The van der Waals surface area contributed by atoms with Crippen molar-refractivity contribution in [3.63, 3.8) is 0 Å². The van der Waals surface area contributed by atoms with E-state index in [0.29, 0.717) is 46.7 Å². The third kappa shape index (κ3) is 4.29. The first kappa shape index (κ1) is 24.7. The van der Waals surface area contributed by atoms with Gasteiger partial charge in [-0.25, -0.2) is 18.9 Å². The molecule has 3 aliphatic rings. The zero-order valence-electron chi connectivity index (χ0n) is 20.2. The molecule has 2 atom stereocenters. The highest BCUT2D eigenvalue weighted by molar-refractivity contribution is 14.2. The third-order valence-corrected chi connectivity index (χ3v) is 9.40. The molecule has 192 valence electrons. The number of halogens is 2. The quantitative estimate of drug-likeness (QED) is 0.193. The van der Waals surface area contributed by atoms with E-state index in [2.05, 4.69) is 38.1 Å². The van der Waals surface area contributed by atoms with Crippen molar-refractivity contribution < 1.29 is 13.9 Å². The maximum atomic E-state index is 14.2. The van der Waals surface area contributed by atoms with E-state index in [0.717, 1.165) is 36.8 Å². The number of hydrogen-bond donors (Lipinski definition) is 1. The van der Waals surface area contributed by atoms with Gasteiger partial charge in [0.05, 0.1) is 18.7 Å². The van der Waals surface area contributed by atoms with Crippen molar-refractivity contribution in [1.29, 1.82) is 0 Å². The predicted molar refractivity (Wildman–Crippen MR) is 152 cm³/mol. The van der Waals surface area contributed by atoms with Gasteiger partial charge in [-0.1, -0.05) is 12.7 Å². The molecule has 0 aromatic carbocycles. The topological polar surface area (TPSA) is 86.3 Å². The smallest absolute Gasteiger partial charge is 0.311 e. The number of aromatic nitrogens is 5. The molecule has 8 nitrogen and oxygen atoms in total. The van der Waals surface area contributed by atoms with Crippen LogP contribution in [0.5, 0.6) is 0 Å². The molecule has 0 unspecified atom stereocenters. The summed E-state index contributed by atoms with van der Waals surface area (Å²) in [5, 5.41) is 9.07. The van der Waals surface area contributed by atoms with Crippen LogP contribution in [0.4, 0.5) is 10.2 Å². The van der Waals surface area contributed by atoms with Crippen LogP contribution in [0.3, 0.4) is 0 Å². The van der Waals surface area contributed by atoms with Crippen LogP contribution in [-0.2, 0) is 9.53 Å². The molecule has 3 fully saturated rings. The lowest BCUT2D eigenvalue weighted by molar-refractivity contribution is -0.154. The fourth-order valence-electron chi connectivity index (χ4n) is 6.03. The van der Waals surface area contributed by atoms with E-state index < -0.39 is 5.82 Å². The molecule has 4 aromatic rings. The Labute approximate surface area is 229 Å².